The highest BCUT2D eigenvalue weighted by Crippen LogP contribution is 2.17. The van der Waals surface area contributed by atoms with E-state index in [1.165, 1.54) is 36.0 Å². The second-order valence-corrected chi connectivity index (χ2v) is 4.69. The summed E-state index contributed by atoms with van der Waals surface area (Å²) in [6.45, 7) is 0. The molecule has 0 unspecified atom stereocenters. The van der Waals surface area contributed by atoms with Crippen molar-refractivity contribution in [1.82, 2.24) is 0 Å². The summed E-state index contributed by atoms with van der Waals surface area (Å²) in [6.07, 6.45) is 4.41. The van der Waals surface area contributed by atoms with Crippen LogP contribution in [0.3, 0.4) is 0 Å². The van der Waals surface area contributed by atoms with Crippen LogP contribution in [0.2, 0.25) is 0 Å². The second kappa shape index (κ2) is 7.58. The third-order valence-corrected chi connectivity index (χ3v) is 2.83. The van der Waals surface area contributed by atoms with Crippen molar-refractivity contribution in [3.8, 4) is 0 Å². The van der Waals surface area contributed by atoms with Crippen LogP contribution < -0.4 is 5.32 Å². The topological polar surface area (TPSA) is 66.4 Å². The fourth-order valence-electron chi connectivity index (χ4n) is 1.31. The van der Waals surface area contributed by atoms with E-state index in [0.717, 1.165) is 6.08 Å². The SMILES string of the molecule is CSCCC(=O)Nc1ccc(C=CC(=O)O)cc1F. The Morgan fingerprint density at radius 2 is 2.21 bits per heavy atom. The van der Waals surface area contributed by atoms with E-state index in [4.69, 9.17) is 5.11 Å². The highest BCUT2D eigenvalue weighted by atomic mass is 32.2. The number of nitrogens with one attached hydrogen (secondary N) is 1. The lowest BCUT2D eigenvalue weighted by Crippen LogP contribution is -2.13. The molecule has 1 rings (SSSR count). The van der Waals surface area contributed by atoms with Crippen LogP contribution in [0, 0.1) is 5.82 Å². The fourth-order valence-corrected chi connectivity index (χ4v) is 1.70. The second-order valence-electron chi connectivity index (χ2n) is 3.70. The average molecular weight is 283 g/mol. The van der Waals surface area contributed by atoms with Gasteiger partial charge in [0, 0.05) is 18.2 Å². The first-order valence-electron chi connectivity index (χ1n) is 5.52. The number of carboxylic acid groups (broad SMARTS) is 1. The van der Waals surface area contributed by atoms with Gasteiger partial charge in [-0.3, -0.25) is 4.79 Å². The molecule has 0 aromatic heterocycles. The summed E-state index contributed by atoms with van der Waals surface area (Å²) < 4.78 is 13.7. The van der Waals surface area contributed by atoms with Crippen LogP contribution in [0.4, 0.5) is 10.1 Å². The summed E-state index contributed by atoms with van der Waals surface area (Å²) in [7, 11) is 0. The van der Waals surface area contributed by atoms with Crippen LogP contribution in [0.1, 0.15) is 12.0 Å². The summed E-state index contributed by atoms with van der Waals surface area (Å²) in [4.78, 5) is 21.8. The first-order chi connectivity index (χ1) is 9.02. The Labute approximate surface area is 114 Å². The summed E-state index contributed by atoms with van der Waals surface area (Å²) in [5, 5.41) is 10.9. The molecule has 1 amide bonds. The monoisotopic (exact) mass is 283 g/mol. The number of benzene rings is 1. The van der Waals surface area contributed by atoms with E-state index in [0.29, 0.717) is 17.7 Å². The highest BCUT2D eigenvalue weighted by Gasteiger charge is 2.07. The molecule has 0 bridgehead atoms. The van der Waals surface area contributed by atoms with E-state index in [1.54, 1.807) is 0 Å². The molecular formula is C13H14FNO3S. The summed E-state index contributed by atoms with van der Waals surface area (Å²) in [6, 6.07) is 4.12. The lowest BCUT2D eigenvalue weighted by Gasteiger charge is -2.06. The van der Waals surface area contributed by atoms with Crippen molar-refractivity contribution in [1.29, 1.82) is 0 Å². The molecule has 0 spiro atoms. The zero-order valence-electron chi connectivity index (χ0n) is 10.4. The van der Waals surface area contributed by atoms with Gasteiger partial charge in [-0.15, -0.1) is 0 Å². The molecule has 1 aromatic carbocycles. The third-order valence-electron chi connectivity index (χ3n) is 2.22. The van der Waals surface area contributed by atoms with Crippen molar-refractivity contribution < 1.29 is 19.1 Å². The number of aliphatic carboxylic acids is 1. The van der Waals surface area contributed by atoms with Crippen LogP contribution >= 0.6 is 11.8 Å². The van der Waals surface area contributed by atoms with E-state index >= 15 is 0 Å². The van der Waals surface area contributed by atoms with Gasteiger partial charge in [0.2, 0.25) is 5.91 Å². The van der Waals surface area contributed by atoms with Crippen LogP contribution in [0.25, 0.3) is 6.08 Å². The van der Waals surface area contributed by atoms with Crippen LogP contribution in [0.5, 0.6) is 0 Å². The number of carboxylic acids is 1. The van der Waals surface area contributed by atoms with Gasteiger partial charge in [0.1, 0.15) is 5.82 Å². The number of amides is 1. The zero-order valence-corrected chi connectivity index (χ0v) is 11.2. The molecule has 0 aliphatic rings. The number of carbonyl (C=O) groups is 2. The van der Waals surface area contributed by atoms with Gasteiger partial charge in [-0.05, 0) is 30.0 Å². The maximum atomic E-state index is 13.7. The lowest BCUT2D eigenvalue weighted by molar-refractivity contribution is -0.131. The summed E-state index contributed by atoms with van der Waals surface area (Å²) in [5.74, 6) is -1.27. The number of thioether (sulfide) groups is 1. The Kier molecular flexibility index (Phi) is 6.08. The van der Waals surface area contributed by atoms with Crippen molar-refractivity contribution in [3.63, 3.8) is 0 Å². The van der Waals surface area contributed by atoms with E-state index in [9.17, 15) is 14.0 Å². The minimum atomic E-state index is -1.10. The standard InChI is InChI=1S/C13H14FNO3S/c1-19-7-6-12(16)15-11-4-2-9(8-10(11)14)3-5-13(17)18/h2-5,8H,6-7H2,1H3,(H,15,16)(H,17,18). The van der Waals surface area contributed by atoms with E-state index in [-0.39, 0.29) is 11.6 Å². The molecule has 102 valence electrons. The number of anilines is 1. The number of carbonyl (C=O) groups excluding carboxylic acids is 1. The molecule has 0 heterocycles. The predicted molar refractivity (Wildman–Crippen MR) is 74.7 cm³/mol. The molecular weight excluding hydrogens is 269 g/mol. The highest BCUT2D eigenvalue weighted by molar-refractivity contribution is 7.98. The Balaban J connectivity index is 2.72. The van der Waals surface area contributed by atoms with E-state index in [2.05, 4.69) is 5.32 Å². The lowest BCUT2D eigenvalue weighted by atomic mass is 10.2. The van der Waals surface area contributed by atoms with Gasteiger partial charge in [0.05, 0.1) is 5.69 Å². The minimum absolute atomic E-state index is 0.0959. The Bertz CT molecular complexity index is 503. The summed E-state index contributed by atoms with van der Waals surface area (Å²) in [5.41, 5.74) is 0.514. The van der Waals surface area contributed by atoms with E-state index < -0.39 is 11.8 Å². The number of hydrogen-bond acceptors (Lipinski definition) is 3. The number of hydrogen-bond donors (Lipinski definition) is 2. The van der Waals surface area contributed by atoms with Gasteiger partial charge >= 0.3 is 5.97 Å². The number of rotatable bonds is 6. The predicted octanol–water partition coefficient (Wildman–Crippen LogP) is 2.62. The third kappa shape index (κ3) is 5.56. The maximum absolute atomic E-state index is 13.7. The van der Waals surface area contributed by atoms with Gasteiger partial charge in [-0.2, -0.15) is 11.8 Å². The molecule has 1 aromatic rings. The molecule has 0 saturated carbocycles. The average Bonchev–Trinajstić information content (AvgIpc) is 2.36. The Morgan fingerprint density at radius 1 is 1.47 bits per heavy atom. The first-order valence-corrected chi connectivity index (χ1v) is 6.91. The molecule has 0 saturated heterocycles. The quantitative estimate of drug-likeness (QED) is 0.788. The van der Waals surface area contributed by atoms with Gasteiger partial charge in [0.25, 0.3) is 0 Å². The molecule has 0 radical (unpaired) electrons. The van der Waals surface area contributed by atoms with Gasteiger partial charge in [-0.25, -0.2) is 9.18 Å². The summed E-state index contributed by atoms with van der Waals surface area (Å²) >= 11 is 1.54. The molecule has 0 aliphatic carbocycles. The fraction of sp³-hybridized carbons (Fsp3) is 0.231. The van der Waals surface area contributed by atoms with E-state index in [1.807, 2.05) is 6.26 Å². The van der Waals surface area contributed by atoms with Gasteiger partial charge in [0.15, 0.2) is 0 Å². The smallest absolute Gasteiger partial charge is 0.328 e. The van der Waals surface area contributed by atoms with Crippen molar-refractivity contribution >= 4 is 35.4 Å². The van der Waals surface area contributed by atoms with Crippen molar-refractivity contribution in [2.45, 2.75) is 6.42 Å². The van der Waals surface area contributed by atoms with Gasteiger partial charge < -0.3 is 10.4 Å². The molecule has 0 aliphatic heterocycles. The van der Waals surface area contributed by atoms with Gasteiger partial charge in [-0.1, -0.05) is 6.07 Å². The molecule has 2 N–H and O–H groups in total. The van der Waals surface area contributed by atoms with Crippen LogP contribution in [-0.4, -0.2) is 29.0 Å². The van der Waals surface area contributed by atoms with Crippen molar-refractivity contribution in [2.75, 3.05) is 17.3 Å². The Hall–Kier alpha value is -1.82. The molecule has 6 heteroatoms. The number of halogens is 1. The molecule has 0 atom stereocenters. The Morgan fingerprint density at radius 3 is 2.79 bits per heavy atom. The first kappa shape index (κ1) is 15.2. The van der Waals surface area contributed by atoms with Crippen molar-refractivity contribution in [3.05, 3.63) is 35.7 Å². The minimum Gasteiger partial charge on any atom is -0.478 e. The molecule has 0 fully saturated rings. The maximum Gasteiger partial charge on any atom is 0.328 e. The normalized spacial score (nSPS) is 10.6. The van der Waals surface area contributed by atoms with Crippen LogP contribution in [-0.2, 0) is 9.59 Å². The molecule has 19 heavy (non-hydrogen) atoms. The molecule has 4 nitrogen and oxygen atoms in total. The van der Waals surface area contributed by atoms with Crippen LogP contribution in [0.15, 0.2) is 24.3 Å². The zero-order chi connectivity index (χ0) is 14.3. The van der Waals surface area contributed by atoms with Crippen molar-refractivity contribution in [2.24, 2.45) is 0 Å². The largest absolute Gasteiger partial charge is 0.478 e.